The van der Waals surface area contributed by atoms with Crippen molar-refractivity contribution in [3.05, 3.63) is 66.7 Å². The second-order valence-electron chi connectivity index (χ2n) is 6.76. The zero-order valence-electron chi connectivity index (χ0n) is 18.1. The van der Waals surface area contributed by atoms with Gasteiger partial charge in [0, 0.05) is 18.0 Å². The molecule has 11 nitrogen and oxygen atoms in total. The summed E-state index contributed by atoms with van der Waals surface area (Å²) in [6.45, 7) is 0. The molecule has 0 unspecified atom stereocenters. The molecular weight excluding hydrogens is 462 g/mol. The van der Waals surface area contributed by atoms with Crippen molar-refractivity contribution >= 4 is 44.5 Å². The number of aldehydes is 1. The first kappa shape index (κ1) is 22.7. The van der Waals surface area contributed by atoms with Gasteiger partial charge in [-0.15, -0.1) is 0 Å². The highest BCUT2D eigenvalue weighted by atomic mass is 32.2. The minimum atomic E-state index is -3.95. The Balaban J connectivity index is 1.50. The van der Waals surface area contributed by atoms with Crippen LogP contribution in [0.1, 0.15) is 5.89 Å². The Morgan fingerprint density at radius 1 is 1.00 bits per heavy atom. The van der Waals surface area contributed by atoms with E-state index in [0.717, 1.165) is 0 Å². The van der Waals surface area contributed by atoms with Gasteiger partial charge in [0.15, 0.2) is 17.7 Å². The van der Waals surface area contributed by atoms with Crippen molar-refractivity contribution in [3.63, 3.8) is 0 Å². The van der Waals surface area contributed by atoms with Crippen molar-refractivity contribution < 1.29 is 27.1 Å². The Bertz CT molecular complexity index is 1410. The monoisotopic (exact) mass is 481 g/mol. The molecule has 4 aromatic rings. The second kappa shape index (κ2) is 9.58. The van der Waals surface area contributed by atoms with E-state index in [0.29, 0.717) is 23.1 Å². The molecule has 2 N–H and O–H groups in total. The Kier molecular flexibility index (Phi) is 6.41. The number of carbonyl (C=O) groups is 1. The van der Waals surface area contributed by atoms with Gasteiger partial charge in [-0.2, -0.15) is 9.97 Å². The predicted octanol–water partition coefficient (Wildman–Crippen LogP) is 3.09. The van der Waals surface area contributed by atoms with Gasteiger partial charge in [0.2, 0.25) is 11.8 Å². The maximum absolute atomic E-state index is 12.7. The summed E-state index contributed by atoms with van der Waals surface area (Å²) in [5.41, 5.74) is 1.93. The number of ether oxygens (including phenoxy) is 2. The van der Waals surface area contributed by atoms with E-state index in [1.165, 1.54) is 38.6 Å². The summed E-state index contributed by atoms with van der Waals surface area (Å²) in [7, 11) is -1.21. The largest absolute Gasteiger partial charge is 0.481 e. The number of para-hydroxylation sites is 2. The summed E-state index contributed by atoms with van der Waals surface area (Å²) < 4.78 is 43.4. The lowest BCUT2D eigenvalue weighted by atomic mass is 10.3. The highest BCUT2D eigenvalue weighted by Crippen LogP contribution is 2.23. The Hall–Kier alpha value is -4.45. The Morgan fingerprint density at radius 3 is 2.44 bits per heavy atom. The lowest BCUT2D eigenvalue weighted by Gasteiger charge is -2.10. The first-order valence-electron chi connectivity index (χ1n) is 9.79. The van der Waals surface area contributed by atoms with Crippen molar-refractivity contribution in [1.82, 2.24) is 15.0 Å². The van der Waals surface area contributed by atoms with E-state index < -0.39 is 10.0 Å². The smallest absolute Gasteiger partial charge is 0.321 e. The van der Waals surface area contributed by atoms with Crippen molar-refractivity contribution in [3.8, 4) is 11.9 Å². The third-order valence-corrected chi connectivity index (χ3v) is 5.91. The average molecular weight is 481 g/mol. The van der Waals surface area contributed by atoms with Gasteiger partial charge < -0.3 is 19.2 Å². The number of hydrogen-bond acceptors (Lipinski definition) is 10. The van der Waals surface area contributed by atoms with Gasteiger partial charge in [-0.25, -0.2) is 13.4 Å². The molecule has 0 saturated carbocycles. The minimum absolute atomic E-state index is 0.00635. The molecule has 0 fully saturated rings. The number of allylic oxidation sites excluding steroid dienone is 1. The van der Waals surface area contributed by atoms with Crippen LogP contribution in [0.2, 0.25) is 0 Å². The fourth-order valence-electron chi connectivity index (χ4n) is 2.88. The number of benzene rings is 2. The fraction of sp³-hybridized carbons (Fsp3) is 0.0909. The summed E-state index contributed by atoms with van der Waals surface area (Å²) in [5.74, 6) is 0.298. The molecule has 34 heavy (non-hydrogen) atoms. The molecule has 0 aliphatic rings. The first-order chi connectivity index (χ1) is 16.4. The van der Waals surface area contributed by atoms with Gasteiger partial charge in [0.05, 0.1) is 24.7 Å². The molecule has 0 aliphatic heterocycles. The number of hydrogen-bond donors (Lipinski definition) is 2. The molecule has 2 aromatic carbocycles. The normalized spacial score (nSPS) is 11.8. The van der Waals surface area contributed by atoms with E-state index in [4.69, 9.17) is 13.9 Å². The van der Waals surface area contributed by atoms with Crippen LogP contribution in [0, 0.1) is 0 Å². The average Bonchev–Trinajstić information content (AvgIpc) is 3.28. The van der Waals surface area contributed by atoms with Crippen LogP contribution >= 0.6 is 0 Å². The third-order valence-electron chi connectivity index (χ3n) is 4.54. The molecule has 2 aromatic heterocycles. The molecule has 0 saturated heterocycles. The number of fused-ring (bicyclic) bond motifs is 1. The van der Waals surface area contributed by atoms with Gasteiger partial charge in [0.25, 0.3) is 10.0 Å². The van der Waals surface area contributed by atoms with Gasteiger partial charge in [-0.3, -0.25) is 9.52 Å². The second-order valence-corrected chi connectivity index (χ2v) is 8.44. The van der Waals surface area contributed by atoms with Crippen LogP contribution in [0.15, 0.2) is 70.1 Å². The van der Waals surface area contributed by atoms with Gasteiger partial charge in [-0.05, 0) is 36.4 Å². The highest BCUT2D eigenvalue weighted by Gasteiger charge is 2.17. The fourth-order valence-corrected chi connectivity index (χ4v) is 3.87. The summed E-state index contributed by atoms with van der Waals surface area (Å²) >= 11 is 0. The molecule has 2 heterocycles. The lowest BCUT2D eigenvalue weighted by Crippen LogP contribution is -2.14. The van der Waals surface area contributed by atoms with Crippen LogP contribution in [-0.2, 0) is 14.8 Å². The number of carbonyl (C=O) groups excluding carboxylic acids is 1. The number of nitrogens with one attached hydrogen (secondary N) is 2. The molecule has 0 aliphatic carbocycles. The van der Waals surface area contributed by atoms with Crippen LogP contribution < -0.4 is 19.5 Å². The molecule has 0 radical (unpaired) electrons. The maximum atomic E-state index is 12.7. The summed E-state index contributed by atoms with van der Waals surface area (Å²) in [5, 5.41) is 2.93. The molecule has 0 spiro atoms. The number of sulfonamides is 1. The van der Waals surface area contributed by atoms with Crippen LogP contribution in [-0.4, -0.2) is 43.9 Å². The molecule has 4 rings (SSSR count). The van der Waals surface area contributed by atoms with Crippen molar-refractivity contribution in [2.75, 3.05) is 24.3 Å². The Morgan fingerprint density at radius 2 is 1.76 bits per heavy atom. The maximum Gasteiger partial charge on any atom is 0.321 e. The molecule has 0 amide bonds. The van der Waals surface area contributed by atoms with Crippen molar-refractivity contribution in [2.45, 2.75) is 4.90 Å². The number of oxazole rings is 1. The highest BCUT2D eigenvalue weighted by molar-refractivity contribution is 7.92. The summed E-state index contributed by atoms with van der Waals surface area (Å²) in [6.07, 6.45) is 2.05. The van der Waals surface area contributed by atoms with Crippen LogP contribution in [0.3, 0.4) is 0 Å². The van der Waals surface area contributed by atoms with E-state index in [1.807, 2.05) is 12.1 Å². The Labute approximate surface area is 194 Å². The summed E-state index contributed by atoms with van der Waals surface area (Å²) in [6, 6.07) is 14.3. The number of rotatable bonds is 9. The van der Waals surface area contributed by atoms with Crippen molar-refractivity contribution in [2.24, 2.45) is 0 Å². The van der Waals surface area contributed by atoms with Gasteiger partial charge >= 0.3 is 6.01 Å². The number of methoxy groups -OCH3 is 2. The van der Waals surface area contributed by atoms with Crippen molar-refractivity contribution in [1.29, 1.82) is 0 Å². The van der Waals surface area contributed by atoms with E-state index >= 15 is 0 Å². The SMILES string of the molecule is COc1cc(NS(=O)(=O)c2ccc(NC=C(C=O)c3nc4ccccc4o3)cc2)nc(OC)n1. The van der Waals surface area contributed by atoms with E-state index in [1.54, 1.807) is 24.3 Å². The lowest BCUT2D eigenvalue weighted by molar-refractivity contribution is -0.103. The minimum Gasteiger partial charge on any atom is -0.481 e. The zero-order chi connectivity index (χ0) is 24.1. The van der Waals surface area contributed by atoms with Crippen LogP contribution in [0.5, 0.6) is 11.9 Å². The molecular formula is C22H19N5O6S. The standard InChI is InChI=1S/C22H19N5O6S/c1-31-20-11-19(25-22(26-20)32-2)27-34(29,30)16-9-7-15(8-10-16)23-12-14(13-28)21-24-17-5-3-4-6-18(17)33-21/h3-13,23H,1-2H3,(H,25,26,27). The van der Waals surface area contributed by atoms with Gasteiger partial charge in [0.1, 0.15) is 5.52 Å². The first-order valence-corrected chi connectivity index (χ1v) is 11.3. The topological polar surface area (TPSA) is 146 Å². The number of aromatic nitrogens is 3. The van der Waals surface area contributed by atoms with Crippen LogP contribution in [0.4, 0.5) is 11.5 Å². The summed E-state index contributed by atoms with van der Waals surface area (Å²) in [4.78, 5) is 23.7. The zero-order valence-corrected chi connectivity index (χ0v) is 18.9. The number of anilines is 2. The van der Waals surface area contributed by atoms with Crippen LogP contribution in [0.25, 0.3) is 16.7 Å². The molecule has 174 valence electrons. The van der Waals surface area contributed by atoms with E-state index in [2.05, 4.69) is 25.0 Å². The van der Waals surface area contributed by atoms with E-state index in [9.17, 15) is 13.2 Å². The third kappa shape index (κ3) is 4.96. The molecule has 0 bridgehead atoms. The number of nitrogens with zero attached hydrogens (tertiary/aromatic N) is 3. The quantitative estimate of drug-likeness (QED) is 0.270. The predicted molar refractivity (Wildman–Crippen MR) is 124 cm³/mol. The molecule has 0 atom stereocenters. The molecule has 12 heteroatoms. The van der Waals surface area contributed by atoms with Gasteiger partial charge in [-0.1, -0.05) is 12.1 Å². The van der Waals surface area contributed by atoms with E-state index in [-0.39, 0.29) is 34.1 Å².